The van der Waals surface area contributed by atoms with E-state index in [9.17, 15) is 18.0 Å². The Kier molecular flexibility index (Phi) is 5.34. The number of hydrogen-bond donors (Lipinski definition) is 3. The van der Waals surface area contributed by atoms with Gasteiger partial charge in [0.2, 0.25) is 0 Å². The van der Waals surface area contributed by atoms with E-state index in [-0.39, 0.29) is 5.75 Å². The third-order valence-electron chi connectivity index (χ3n) is 2.70. The van der Waals surface area contributed by atoms with E-state index in [0.717, 1.165) is 11.8 Å². The summed E-state index contributed by atoms with van der Waals surface area (Å²) < 4.78 is 22.3. The number of carbonyl (C=O) groups excluding carboxylic acids is 1. The lowest BCUT2D eigenvalue weighted by Crippen LogP contribution is -2.49. The van der Waals surface area contributed by atoms with E-state index >= 15 is 0 Å². The van der Waals surface area contributed by atoms with Gasteiger partial charge in [-0.3, -0.25) is 0 Å². The lowest BCUT2D eigenvalue weighted by molar-refractivity contribution is -0.139. The van der Waals surface area contributed by atoms with Gasteiger partial charge in [-0.1, -0.05) is 19.8 Å². The van der Waals surface area contributed by atoms with Crippen molar-refractivity contribution >= 4 is 21.8 Å². The topological polar surface area (TPSA) is 113 Å². The Morgan fingerprint density at radius 1 is 1.47 bits per heavy atom. The number of sulfone groups is 1. The molecule has 1 heterocycles. The quantitative estimate of drug-likeness (QED) is 0.648. The number of unbranched alkanes of at least 4 members (excludes halogenated alkanes) is 1. The maximum Gasteiger partial charge on any atom is 0.326 e. The lowest BCUT2D eigenvalue weighted by Gasteiger charge is -2.16. The molecule has 7 nitrogen and oxygen atoms in total. The average molecular weight is 290 g/mol. The highest BCUT2D eigenvalue weighted by molar-refractivity contribution is 7.94. The molecule has 0 radical (unpaired) electrons. The molecular weight excluding hydrogens is 272 g/mol. The van der Waals surface area contributed by atoms with E-state index in [4.69, 9.17) is 5.11 Å². The number of urea groups is 1. The monoisotopic (exact) mass is 290 g/mol. The molecule has 0 bridgehead atoms. The van der Waals surface area contributed by atoms with E-state index in [0.29, 0.717) is 12.8 Å². The molecule has 2 atom stereocenters. The molecule has 1 aliphatic rings. The van der Waals surface area contributed by atoms with Crippen LogP contribution in [0.2, 0.25) is 0 Å². The first kappa shape index (κ1) is 15.5. The highest BCUT2D eigenvalue weighted by atomic mass is 32.2. The van der Waals surface area contributed by atoms with Crippen LogP contribution >= 0.6 is 0 Å². The molecular formula is C11H18N2O5S. The predicted octanol–water partition coefficient (Wildman–Crippen LogP) is 0.240. The van der Waals surface area contributed by atoms with Crippen LogP contribution in [0.5, 0.6) is 0 Å². The Hall–Kier alpha value is -1.57. The van der Waals surface area contributed by atoms with E-state index in [1.807, 2.05) is 6.92 Å². The summed E-state index contributed by atoms with van der Waals surface area (Å²) in [4.78, 5) is 22.5. The highest BCUT2D eigenvalue weighted by Gasteiger charge is 2.25. The molecule has 108 valence electrons. The molecule has 0 aromatic rings. The van der Waals surface area contributed by atoms with Crippen LogP contribution in [0.15, 0.2) is 11.5 Å². The number of amides is 2. The number of hydrogen-bond acceptors (Lipinski definition) is 4. The van der Waals surface area contributed by atoms with Crippen molar-refractivity contribution in [3.05, 3.63) is 11.5 Å². The van der Waals surface area contributed by atoms with Crippen LogP contribution in [0.4, 0.5) is 4.79 Å². The first-order valence-electron chi connectivity index (χ1n) is 6.05. The summed E-state index contributed by atoms with van der Waals surface area (Å²) in [6.45, 7) is 1.92. The smallest absolute Gasteiger partial charge is 0.326 e. The summed E-state index contributed by atoms with van der Waals surface area (Å²) in [7, 11) is -3.24. The fourth-order valence-corrected chi connectivity index (χ4v) is 2.93. The molecule has 2 unspecified atom stereocenters. The first-order chi connectivity index (χ1) is 8.84. The van der Waals surface area contributed by atoms with Crippen LogP contribution in [0.25, 0.3) is 0 Å². The van der Waals surface area contributed by atoms with Gasteiger partial charge in [-0.05, 0) is 12.5 Å². The summed E-state index contributed by atoms with van der Waals surface area (Å²) in [5, 5.41) is 14.7. The molecule has 1 rings (SSSR count). The highest BCUT2D eigenvalue weighted by Crippen LogP contribution is 2.07. The molecule has 0 aromatic heterocycles. The third kappa shape index (κ3) is 5.29. The molecule has 0 saturated heterocycles. The summed E-state index contributed by atoms with van der Waals surface area (Å²) >= 11 is 0. The van der Waals surface area contributed by atoms with Crippen molar-refractivity contribution in [3.8, 4) is 0 Å². The Labute approximate surface area is 112 Å². The third-order valence-corrected chi connectivity index (χ3v) is 4.09. The second-order valence-electron chi connectivity index (χ2n) is 4.42. The maximum atomic E-state index is 11.6. The van der Waals surface area contributed by atoms with Gasteiger partial charge in [0.1, 0.15) is 6.04 Å². The van der Waals surface area contributed by atoms with Gasteiger partial charge >= 0.3 is 12.0 Å². The van der Waals surface area contributed by atoms with Gasteiger partial charge in [-0.2, -0.15) is 0 Å². The van der Waals surface area contributed by atoms with Gasteiger partial charge in [0.25, 0.3) is 0 Å². The standard InChI is InChI=1S/C11H18N2O5S/c1-2-3-4-9(10(14)15)13-11(16)12-8-5-6-19(17,18)7-8/h5-6,8-9H,2-4,7H2,1H3,(H,14,15)(H2,12,13,16). The van der Waals surface area contributed by atoms with E-state index in [1.54, 1.807) is 0 Å². The van der Waals surface area contributed by atoms with Gasteiger partial charge in [0, 0.05) is 5.41 Å². The fourth-order valence-electron chi connectivity index (χ4n) is 1.70. The predicted molar refractivity (Wildman–Crippen MR) is 69.3 cm³/mol. The van der Waals surface area contributed by atoms with Crippen LogP contribution < -0.4 is 10.6 Å². The molecule has 0 aromatic carbocycles. The van der Waals surface area contributed by atoms with E-state index in [1.165, 1.54) is 6.08 Å². The van der Waals surface area contributed by atoms with Crippen molar-refractivity contribution in [3.63, 3.8) is 0 Å². The molecule has 0 fully saturated rings. The molecule has 8 heteroatoms. The number of carbonyl (C=O) groups is 2. The molecule has 19 heavy (non-hydrogen) atoms. The summed E-state index contributed by atoms with van der Waals surface area (Å²) in [6.07, 6.45) is 3.24. The number of carboxylic acid groups (broad SMARTS) is 1. The van der Waals surface area contributed by atoms with Gasteiger partial charge in [-0.25, -0.2) is 18.0 Å². The van der Waals surface area contributed by atoms with Crippen molar-refractivity contribution in [2.75, 3.05) is 5.75 Å². The molecule has 0 aliphatic carbocycles. The van der Waals surface area contributed by atoms with Crippen LogP contribution in [0, 0.1) is 0 Å². The normalized spacial score (nSPS) is 21.8. The zero-order valence-corrected chi connectivity index (χ0v) is 11.4. The second-order valence-corrected chi connectivity index (χ2v) is 6.35. The molecule has 3 N–H and O–H groups in total. The lowest BCUT2D eigenvalue weighted by atomic mass is 10.1. The molecule has 1 aliphatic heterocycles. The van der Waals surface area contributed by atoms with E-state index < -0.39 is 33.9 Å². The van der Waals surface area contributed by atoms with Gasteiger partial charge < -0.3 is 15.7 Å². The zero-order valence-electron chi connectivity index (χ0n) is 10.6. The Balaban J connectivity index is 2.45. The minimum atomic E-state index is -3.24. The molecule has 0 spiro atoms. The van der Waals surface area contributed by atoms with Crippen LogP contribution in [-0.4, -0.2) is 43.4 Å². The number of aliphatic carboxylic acids is 1. The van der Waals surface area contributed by atoms with Crippen molar-refractivity contribution < 1.29 is 23.1 Å². The van der Waals surface area contributed by atoms with Gasteiger partial charge in [0.15, 0.2) is 9.84 Å². The number of nitrogens with one attached hydrogen (secondary N) is 2. The van der Waals surface area contributed by atoms with Crippen molar-refractivity contribution in [2.24, 2.45) is 0 Å². The van der Waals surface area contributed by atoms with Crippen molar-refractivity contribution in [1.82, 2.24) is 10.6 Å². The minimum Gasteiger partial charge on any atom is -0.480 e. The SMILES string of the molecule is CCCCC(NC(=O)NC1C=CS(=O)(=O)C1)C(=O)O. The summed E-state index contributed by atoms with van der Waals surface area (Å²) in [5.74, 6) is -1.29. The molecule has 0 saturated carbocycles. The second kappa shape index (κ2) is 6.55. The van der Waals surface area contributed by atoms with Crippen LogP contribution in [0.3, 0.4) is 0 Å². The van der Waals surface area contributed by atoms with Gasteiger partial charge in [-0.15, -0.1) is 0 Å². The average Bonchev–Trinajstić information content (AvgIpc) is 2.63. The Morgan fingerprint density at radius 3 is 2.63 bits per heavy atom. The van der Waals surface area contributed by atoms with E-state index in [2.05, 4.69) is 10.6 Å². The van der Waals surface area contributed by atoms with Crippen molar-refractivity contribution in [1.29, 1.82) is 0 Å². The van der Waals surface area contributed by atoms with Gasteiger partial charge in [0.05, 0.1) is 11.8 Å². The van der Waals surface area contributed by atoms with Crippen LogP contribution in [-0.2, 0) is 14.6 Å². The summed E-state index contributed by atoms with van der Waals surface area (Å²) in [6, 6.07) is -2.23. The van der Waals surface area contributed by atoms with Crippen LogP contribution in [0.1, 0.15) is 26.2 Å². The van der Waals surface area contributed by atoms with Crippen molar-refractivity contribution in [2.45, 2.75) is 38.3 Å². The number of rotatable bonds is 6. The summed E-state index contributed by atoms with van der Waals surface area (Å²) in [5.41, 5.74) is 0. The Bertz CT molecular complexity index is 471. The minimum absolute atomic E-state index is 0.187. The fraction of sp³-hybridized carbons (Fsp3) is 0.636. The first-order valence-corrected chi connectivity index (χ1v) is 7.76. The zero-order chi connectivity index (χ0) is 14.5. The number of carboxylic acids is 1. The maximum absolute atomic E-state index is 11.6. The molecule has 2 amide bonds. The Morgan fingerprint density at radius 2 is 2.16 bits per heavy atom. The largest absolute Gasteiger partial charge is 0.480 e.